The summed E-state index contributed by atoms with van der Waals surface area (Å²) in [5.74, 6) is -0.285. The highest BCUT2D eigenvalue weighted by Gasteiger charge is 2.34. The van der Waals surface area contributed by atoms with Gasteiger partial charge in [-0.15, -0.1) is 0 Å². The molecule has 7 heteroatoms. The molecule has 1 atom stereocenters. The van der Waals surface area contributed by atoms with Crippen LogP contribution in [0.25, 0.3) is 0 Å². The van der Waals surface area contributed by atoms with Gasteiger partial charge in [-0.25, -0.2) is 0 Å². The third kappa shape index (κ3) is 6.50. The minimum absolute atomic E-state index is 0.0836. The lowest BCUT2D eigenvalue weighted by atomic mass is 10.1. The van der Waals surface area contributed by atoms with Gasteiger partial charge in [0, 0.05) is 30.9 Å². The number of benzene rings is 3. The fraction of sp³-hybridized carbons (Fsp3) is 0.276. The maximum Gasteiger partial charge on any atom is 0.262 e. The normalized spacial score (nSPS) is 15.0. The molecule has 1 aliphatic heterocycles. The van der Waals surface area contributed by atoms with Crippen molar-refractivity contribution in [3.05, 3.63) is 89.5 Å². The largest absolute Gasteiger partial charge is 0.484 e. The monoisotopic (exact) mass is 485 g/mol. The van der Waals surface area contributed by atoms with Gasteiger partial charge in [0.2, 0.25) is 11.8 Å². The lowest BCUT2D eigenvalue weighted by Crippen LogP contribution is -2.34. The molecule has 2 N–H and O–H groups in total. The van der Waals surface area contributed by atoms with Crippen molar-refractivity contribution in [1.29, 1.82) is 0 Å². The molecule has 186 valence electrons. The Morgan fingerprint density at radius 1 is 1.00 bits per heavy atom. The van der Waals surface area contributed by atoms with Crippen molar-refractivity contribution in [3.8, 4) is 5.75 Å². The van der Waals surface area contributed by atoms with Gasteiger partial charge in [-0.05, 0) is 61.7 Å². The zero-order chi connectivity index (χ0) is 25.5. The molecule has 0 aromatic heterocycles. The molecule has 1 heterocycles. The number of hydrogen-bond acceptors (Lipinski definition) is 4. The highest BCUT2D eigenvalue weighted by atomic mass is 16.5. The van der Waals surface area contributed by atoms with Crippen LogP contribution in [0.5, 0.6) is 5.75 Å². The average Bonchev–Trinajstić information content (AvgIpc) is 3.27. The van der Waals surface area contributed by atoms with E-state index in [4.69, 9.17) is 4.74 Å². The summed E-state index contributed by atoms with van der Waals surface area (Å²) in [6, 6.07) is 22.8. The molecule has 1 aliphatic rings. The van der Waals surface area contributed by atoms with E-state index >= 15 is 0 Å². The second kappa shape index (κ2) is 11.5. The minimum Gasteiger partial charge on any atom is -0.484 e. The fourth-order valence-electron chi connectivity index (χ4n) is 4.26. The molecule has 3 amide bonds. The molecule has 3 aromatic carbocycles. The molecule has 1 fully saturated rings. The van der Waals surface area contributed by atoms with Crippen molar-refractivity contribution < 1.29 is 19.1 Å². The predicted molar refractivity (Wildman–Crippen MR) is 140 cm³/mol. The molecule has 0 unspecified atom stereocenters. The lowest BCUT2D eigenvalue weighted by molar-refractivity contribution is -0.126. The van der Waals surface area contributed by atoms with Crippen molar-refractivity contribution in [3.63, 3.8) is 0 Å². The van der Waals surface area contributed by atoms with Crippen molar-refractivity contribution in [2.75, 3.05) is 29.9 Å². The van der Waals surface area contributed by atoms with Crippen LogP contribution in [-0.4, -0.2) is 37.4 Å². The molecule has 0 saturated carbocycles. The Balaban J connectivity index is 1.24. The maximum absolute atomic E-state index is 12.6. The minimum atomic E-state index is -0.377. The summed E-state index contributed by atoms with van der Waals surface area (Å²) in [6.07, 6.45) is 0.940. The molecule has 36 heavy (non-hydrogen) atoms. The molecular formula is C29H31N3O4. The predicted octanol–water partition coefficient (Wildman–Crippen LogP) is 4.03. The first-order chi connectivity index (χ1) is 17.4. The van der Waals surface area contributed by atoms with E-state index in [1.54, 1.807) is 29.2 Å². The van der Waals surface area contributed by atoms with E-state index in [1.165, 1.54) is 0 Å². The molecule has 0 spiro atoms. The molecule has 0 radical (unpaired) electrons. The van der Waals surface area contributed by atoms with Gasteiger partial charge >= 0.3 is 0 Å². The Morgan fingerprint density at radius 2 is 1.75 bits per heavy atom. The highest BCUT2D eigenvalue weighted by Crippen LogP contribution is 2.27. The topological polar surface area (TPSA) is 87.7 Å². The first-order valence-corrected chi connectivity index (χ1v) is 12.1. The standard InChI is InChI=1S/C29H31N3O4/c1-20-8-13-26(21(2)16-20)31-27(33)19-36-25-11-9-24(10-12-25)32-18-23(17-28(32)34)29(35)30-15-14-22-6-4-3-5-7-22/h3-13,16,23H,14-15,17-19H2,1-2H3,(H,30,35)(H,31,33)/t23-/m1/s1. The van der Waals surface area contributed by atoms with Crippen molar-refractivity contribution in [1.82, 2.24) is 5.32 Å². The van der Waals surface area contributed by atoms with E-state index in [-0.39, 0.29) is 36.7 Å². The molecule has 0 bridgehead atoms. The number of amides is 3. The van der Waals surface area contributed by atoms with E-state index in [1.807, 2.05) is 62.4 Å². The third-order valence-electron chi connectivity index (χ3n) is 6.23. The zero-order valence-electron chi connectivity index (χ0n) is 20.6. The Hall–Kier alpha value is -4.13. The van der Waals surface area contributed by atoms with Crippen LogP contribution in [0.3, 0.4) is 0 Å². The number of hydrogen-bond donors (Lipinski definition) is 2. The Morgan fingerprint density at radius 3 is 2.47 bits per heavy atom. The number of carbonyl (C=O) groups excluding carboxylic acids is 3. The van der Waals surface area contributed by atoms with Crippen LogP contribution >= 0.6 is 0 Å². The lowest BCUT2D eigenvalue weighted by Gasteiger charge is -2.17. The summed E-state index contributed by atoms with van der Waals surface area (Å²) in [5, 5.41) is 5.80. The Labute approximate surface area is 211 Å². The summed E-state index contributed by atoms with van der Waals surface area (Å²) in [5.41, 5.74) is 4.74. The summed E-state index contributed by atoms with van der Waals surface area (Å²) in [6.45, 7) is 4.70. The van der Waals surface area contributed by atoms with E-state index in [2.05, 4.69) is 10.6 Å². The Bertz CT molecular complexity index is 1230. The van der Waals surface area contributed by atoms with Gasteiger partial charge in [-0.3, -0.25) is 14.4 Å². The van der Waals surface area contributed by atoms with Crippen molar-refractivity contribution in [2.24, 2.45) is 5.92 Å². The second-order valence-corrected chi connectivity index (χ2v) is 9.08. The van der Waals surface area contributed by atoms with Crippen LogP contribution < -0.4 is 20.3 Å². The van der Waals surface area contributed by atoms with Crippen LogP contribution in [0.4, 0.5) is 11.4 Å². The number of nitrogens with zero attached hydrogens (tertiary/aromatic N) is 1. The van der Waals surface area contributed by atoms with Gasteiger partial charge in [0.25, 0.3) is 5.91 Å². The first-order valence-electron chi connectivity index (χ1n) is 12.1. The van der Waals surface area contributed by atoms with Gasteiger partial charge in [0.1, 0.15) is 5.75 Å². The SMILES string of the molecule is Cc1ccc(NC(=O)COc2ccc(N3C[C@H](C(=O)NCCc4ccccc4)CC3=O)cc2)c(C)c1. The Kier molecular flexibility index (Phi) is 8.00. The number of nitrogens with one attached hydrogen (secondary N) is 2. The second-order valence-electron chi connectivity index (χ2n) is 9.08. The van der Waals surface area contributed by atoms with Crippen LogP contribution in [-0.2, 0) is 20.8 Å². The number of aryl methyl sites for hydroxylation is 2. The number of ether oxygens (including phenoxy) is 1. The van der Waals surface area contributed by atoms with Gasteiger partial charge in [-0.2, -0.15) is 0 Å². The molecular weight excluding hydrogens is 454 g/mol. The van der Waals surface area contributed by atoms with E-state index < -0.39 is 0 Å². The number of carbonyl (C=O) groups is 3. The molecule has 3 aromatic rings. The number of rotatable bonds is 9. The zero-order valence-corrected chi connectivity index (χ0v) is 20.6. The molecule has 0 aliphatic carbocycles. The summed E-state index contributed by atoms with van der Waals surface area (Å²) in [4.78, 5) is 39.0. The van der Waals surface area contributed by atoms with Gasteiger partial charge < -0.3 is 20.3 Å². The summed E-state index contributed by atoms with van der Waals surface area (Å²) < 4.78 is 5.61. The molecule has 7 nitrogen and oxygen atoms in total. The highest BCUT2D eigenvalue weighted by molar-refractivity contribution is 6.00. The van der Waals surface area contributed by atoms with Crippen LogP contribution in [0.2, 0.25) is 0 Å². The average molecular weight is 486 g/mol. The van der Waals surface area contributed by atoms with Gasteiger partial charge in [-0.1, -0.05) is 48.0 Å². The fourth-order valence-corrected chi connectivity index (χ4v) is 4.26. The molecule has 4 rings (SSSR count). The van der Waals surface area contributed by atoms with E-state index in [0.29, 0.717) is 24.5 Å². The van der Waals surface area contributed by atoms with Gasteiger partial charge in [0.15, 0.2) is 6.61 Å². The number of anilines is 2. The van der Waals surface area contributed by atoms with Crippen molar-refractivity contribution in [2.45, 2.75) is 26.7 Å². The first kappa shape index (κ1) is 25.0. The van der Waals surface area contributed by atoms with E-state index in [9.17, 15) is 14.4 Å². The smallest absolute Gasteiger partial charge is 0.262 e. The van der Waals surface area contributed by atoms with Gasteiger partial charge in [0.05, 0.1) is 5.92 Å². The van der Waals surface area contributed by atoms with Crippen molar-refractivity contribution >= 4 is 29.1 Å². The third-order valence-corrected chi connectivity index (χ3v) is 6.23. The quantitative estimate of drug-likeness (QED) is 0.479. The summed E-state index contributed by atoms with van der Waals surface area (Å²) >= 11 is 0. The van der Waals surface area contributed by atoms with E-state index in [0.717, 1.165) is 28.8 Å². The van der Waals surface area contributed by atoms with Crippen LogP contribution in [0.1, 0.15) is 23.1 Å². The summed E-state index contributed by atoms with van der Waals surface area (Å²) in [7, 11) is 0. The van der Waals surface area contributed by atoms with Crippen LogP contribution in [0, 0.1) is 19.8 Å². The maximum atomic E-state index is 12.6. The molecule has 1 saturated heterocycles. The van der Waals surface area contributed by atoms with Crippen LogP contribution in [0.15, 0.2) is 72.8 Å².